The summed E-state index contributed by atoms with van der Waals surface area (Å²) in [7, 11) is 0. The molecule has 2 atom stereocenters. The molecule has 2 aromatic heterocycles. The molecule has 6 rings (SSSR count). The van der Waals surface area contributed by atoms with Crippen molar-refractivity contribution in [1.29, 1.82) is 5.26 Å². The van der Waals surface area contributed by atoms with E-state index in [1.165, 1.54) is 5.56 Å². The zero-order chi connectivity index (χ0) is 28.4. The number of aromatic nitrogens is 4. The third-order valence-corrected chi connectivity index (χ3v) is 7.04. The fourth-order valence-corrected chi connectivity index (χ4v) is 4.88. The molecule has 1 aliphatic heterocycles. The molecule has 11 nitrogen and oxygen atoms in total. The van der Waals surface area contributed by atoms with Crippen LogP contribution in [-0.2, 0) is 11.3 Å². The number of nitrogens with zero attached hydrogens (tertiary/aromatic N) is 6. The minimum atomic E-state index is -5.08. The summed E-state index contributed by atoms with van der Waals surface area (Å²) in [5.74, 6) is -1.73. The number of hydrogen-bond acceptors (Lipinski definition) is 8. The predicted octanol–water partition coefficient (Wildman–Crippen LogP) is 3.35. The second-order valence-corrected chi connectivity index (χ2v) is 10.1. The number of rotatable bonds is 7. The van der Waals surface area contributed by atoms with Crippen molar-refractivity contribution in [1.82, 2.24) is 30.2 Å². The highest BCUT2D eigenvalue weighted by Gasteiger charge is 2.42. The van der Waals surface area contributed by atoms with Gasteiger partial charge in [0.1, 0.15) is 0 Å². The molecule has 14 heteroatoms. The van der Waals surface area contributed by atoms with Gasteiger partial charge in [-0.15, -0.1) is 5.10 Å². The van der Waals surface area contributed by atoms with E-state index in [9.17, 15) is 23.2 Å². The number of carbonyl (C=O) groups is 2. The molecule has 1 aromatic carbocycles. The van der Waals surface area contributed by atoms with Crippen LogP contribution in [0.15, 0.2) is 41.2 Å². The Morgan fingerprint density at radius 2 is 1.98 bits per heavy atom. The number of aliphatic carboxylic acids is 1. The van der Waals surface area contributed by atoms with Gasteiger partial charge in [-0.3, -0.25) is 9.48 Å². The fourth-order valence-electron chi connectivity index (χ4n) is 4.88. The molecule has 3 aromatic rings. The van der Waals surface area contributed by atoms with Gasteiger partial charge in [0.05, 0.1) is 30.6 Å². The second-order valence-electron chi connectivity index (χ2n) is 10.1. The van der Waals surface area contributed by atoms with E-state index in [0.29, 0.717) is 17.2 Å². The first-order valence-corrected chi connectivity index (χ1v) is 12.8. The molecule has 2 saturated carbocycles. The Morgan fingerprint density at radius 3 is 2.58 bits per heavy atom. The van der Waals surface area contributed by atoms with Gasteiger partial charge >= 0.3 is 18.1 Å². The average molecular weight is 558 g/mol. The number of alkyl halides is 3. The van der Waals surface area contributed by atoms with Gasteiger partial charge in [0.2, 0.25) is 0 Å². The van der Waals surface area contributed by atoms with E-state index in [4.69, 9.17) is 14.3 Å². The Kier molecular flexibility index (Phi) is 7.57. The molecular weight excluding hydrogens is 531 g/mol. The van der Waals surface area contributed by atoms with Gasteiger partial charge < -0.3 is 19.7 Å². The number of benzene rings is 1. The lowest BCUT2D eigenvalue weighted by atomic mass is 9.99. The van der Waals surface area contributed by atoms with Crippen molar-refractivity contribution >= 4 is 11.9 Å². The lowest BCUT2D eigenvalue weighted by Gasteiger charge is -2.27. The normalized spacial score (nSPS) is 20.4. The fraction of sp³-hybridized carbons (Fsp3) is 0.462. The number of halogens is 3. The first-order chi connectivity index (χ1) is 19.1. The maximum atomic E-state index is 13.5. The summed E-state index contributed by atoms with van der Waals surface area (Å²) in [5.41, 5.74) is 2.62. The van der Waals surface area contributed by atoms with Crippen LogP contribution in [0.5, 0.6) is 0 Å². The zero-order valence-electron chi connectivity index (χ0n) is 21.2. The Labute approximate surface area is 226 Å². The number of amides is 1. The van der Waals surface area contributed by atoms with Gasteiger partial charge in [0.15, 0.2) is 5.76 Å². The number of nitriles is 1. The van der Waals surface area contributed by atoms with E-state index in [1.807, 2.05) is 34.0 Å². The van der Waals surface area contributed by atoms with Crippen LogP contribution in [0.4, 0.5) is 13.2 Å². The summed E-state index contributed by atoms with van der Waals surface area (Å²) < 4.78 is 39.6. The van der Waals surface area contributed by atoms with Gasteiger partial charge in [0, 0.05) is 36.4 Å². The monoisotopic (exact) mass is 557 g/mol. The minimum Gasteiger partial charge on any atom is -0.475 e. The van der Waals surface area contributed by atoms with E-state index in [2.05, 4.69) is 26.7 Å². The predicted molar refractivity (Wildman–Crippen MR) is 132 cm³/mol. The molecule has 0 radical (unpaired) electrons. The molecule has 1 saturated heterocycles. The van der Waals surface area contributed by atoms with Gasteiger partial charge in [-0.2, -0.15) is 18.4 Å². The van der Waals surface area contributed by atoms with Gasteiger partial charge in [-0.05, 0) is 55.7 Å². The summed E-state index contributed by atoms with van der Waals surface area (Å²) in [6.45, 7) is 1.47. The van der Waals surface area contributed by atoms with Crippen molar-refractivity contribution in [3.63, 3.8) is 0 Å². The molecule has 0 unspecified atom stereocenters. The summed E-state index contributed by atoms with van der Waals surface area (Å²) in [5, 5.41) is 27.9. The summed E-state index contributed by atoms with van der Waals surface area (Å²) in [4.78, 5) is 28.7. The van der Waals surface area contributed by atoms with Crippen molar-refractivity contribution in [2.24, 2.45) is 0 Å². The molecular formula is C26H26F3N7O4. The van der Waals surface area contributed by atoms with E-state index < -0.39 is 12.1 Å². The van der Waals surface area contributed by atoms with Crippen LogP contribution in [0.1, 0.15) is 59.8 Å². The second kappa shape index (κ2) is 11.1. The number of carbonyl (C=O) groups excluding carboxylic acids is 1. The van der Waals surface area contributed by atoms with Crippen LogP contribution in [0.2, 0.25) is 0 Å². The van der Waals surface area contributed by atoms with Crippen LogP contribution in [-0.4, -0.2) is 72.7 Å². The minimum absolute atomic E-state index is 0.0952. The first kappa shape index (κ1) is 27.3. The maximum Gasteiger partial charge on any atom is 0.490 e. The Balaban J connectivity index is 0.000000411. The molecule has 210 valence electrons. The zero-order valence-corrected chi connectivity index (χ0v) is 21.2. The SMILES string of the molecule is N#Cc1ccc(C2CC2)c(-c2cnc(C(=O)N(C3CC3)[C@H]3CN[C@H](Cn4ccnn4)C3)o2)c1.O=C(O)C(F)(F)F. The van der Waals surface area contributed by atoms with Crippen molar-refractivity contribution < 1.29 is 32.3 Å². The number of nitrogens with one attached hydrogen (secondary N) is 1. The number of hydrogen-bond donors (Lipinski definition) is 2. The van der Waals surface area contributed by atoms with Crippen molar-refractivity contribution in [2.75, 3.05) is 6.54 Å². The molecule has 1 amide bonds. The smallest absolute Gasteiger partial charge is 0.475 e. The standard InChI is InChI=1S/C24H25N7O2.C2HF3O2/c25-11-15-1-6-20(16-2-3-16)21(9-15)22-13-27-23(33-22)24(32)31(18-4-5-18)19-10-17(26-12-19)14-30-8-7-28-29-30;3-2(4,5)1(6)7/h1,6-9,13,16-19,26H,2-5,10,12,14H2;(H,6,7)/t17-,19+;/m0./s1. The van der Waals surface area contributed by atoms with Crippen molar-refractivity contribution in [2.45, 2.75) is 68.9 Å². The van der Waals surface area contributed by atoms with E-state index in [-0.39, 0.29) is 29.9 Å². The molecule has 3 heterocycles. The Hall–Kier alpha value is -4.25. The van der Waals surface area contributed by atoms with Crippen LogP contribution in [0, 0.1) is 11.3 Å². The Bertz CT molecular complexity index is 1410. The highest BCUT2D eigenvalue weighted by atomic mass is 19.4. The first-order valence-electron chi connectivity index (χ1n) is 12.8. The lowest BCUT2D eigenvalue weighted by molar-refractivity contribution is -0.192. The van der Waals surface area contributed by atoms with E-state index in [0.717, 1.165) is 50.8 Å². The van der Waals surface area contributed by atoms with E-state index >= 15 is 0 Å². The molecule has 2 N–H and O–H groups in total. The van der Waals surface area contributed by atoms with Crippen LogP contribution in [0.3, 0.4) is 0 Å². The van der Waals surface area contributed by atoms with Crippen LogP contribution < -0.4 is 5.32 Å². The third kappa shape index (κ3) is 6.31. The maximum absolute atomic E-state index is 13.5. The number of carboxylic acids is 1. The molecule has 3 aliphatic rings. The van der Waals surface area contributed by atoms with Gasteiger partial charge in [-0.25, -0.2) is 9.78 Å². The quantitative estimate of drug-likeness (QED) is 0.446. The summed E-state index contributed by atoms with van der Waals surface area (Å²) >= 11 is 0. The number of carboxylic acid groups (broad SMARTS) is 1. The van der Waals surface area contributed by atoms with Crippen molar-refractivity contribution in [3.05, 3.63) is 53.8 Å². The van der Waals surface area contributed by atoms with Gasteiger partial charge in [0.25, 0.3) is 5.89 Å². The number of oxazole rings is 1. The van der Waals surface area contributed by atoms with Crippen LogP contribution >= 0.6 is 0 Å². The highest BCUT2D eigenvalue weighted by Crippen LogP contribution is 2.45. The molecule has 3 fully saturated rings. The largest absolute Gasteiger partial charge is 0.490 e. The summed E-state index contributed by atoms with van der Waals surface area (Å²) in [6, 6.07) is 8.47. The Morgan fingerprint density at radius 1 is 1.23 bits per heavy atom. The highest BCUT2D eigenvalue weighted by molar-refractivity contribution is 5.91. The van der Waals surface area contributed by atoms with E-state index in [1.54, 1.807) is 12.4 Å². The molecule has 40 heavy (non-hydrogen) atoms. The van der Waals surface area contributed by atoms with Crippen molar-refractivity contribution in [3.8, 4) is 17.4 Å². The molecule has 0 spiro atoms. The topological polar surface area (TPSA) is 150 Å². The third-order valence-electron chi connectivity index (χ3n) is 7.04. The average Bonchev–Trinajstić information content (AvgIpc) is 3.78. The van der Waals surface area contributed by atoms with Crippen LogP contribution in [0.25, 0.3) is 11.3 Å². The molecule has 0 bridgehead atoms. The lowest BCUT2D eigenvalue weighted by Crippen LogP contribution is -2.43. The summed E-state index contributed by atoms with van der Waals surface area (Å²) in [6.07, 6.45) is 5.22. The molecule has 2 aliphatic carbocycles. The van der Waals surface area contributed by atoms with Gasteiger partial charge in [-0.1, -0.05) is 11.3 Å².